The number of imidazole rings is 1. The van der Waals surface area contributed by atoms with Gasteiger partial charge in [0.25, 0.3) is 0 Å². The molecule has 0 fully saturated rings. The molecule has 1 aromatic heterocycles. The van der Waals surface area contributed by atoms with E-state index in [1.165, 1.54) is 0 Å². The zero-order valence-corrected chi connectivity index (χ0v) is 8.23. The van der Waals surface area contributed by atoms with Gasteiger partial charge in [0.2, 0.25) is 0 Å². The van der Waals surface area contributed by atoms with Gasteiger partial charge in [-0.15, -0.1) is 0 Å². The maximum atomic E-state index is 5.95. The molecule has 0 atom stereocenters. The molecule has 11 heavy (non-hydrogen) atoms. The zero-order valence-electron chi connectivity index (χ0n) is 6.72. The van der Waals surface area contributed by atoms with Crippen molar-refractivity contribution < 1.29 is 17.0 Å². The fourth-order valence-electron chi connectivity index (χ4n) is 0.921. The minimum Gasteiger partial charge on any atom is -1.00 e. The Morgan fingerprint density at radius 1 is 1.55 bits per heavy atom. The van der Waals surface area contributed by atoms with E-state index in [4.69, 9.17) is 11.6 Å². The lowest BCUT2D eigenvalue weighted by atomic mass is 10.7. The van der Waals surface area contributed by atoms with Crippen molar-refractivity contribution in [2.45, 2.75) is 26.9 Å². The Hall–Kier alpha value is -0.210. The number of rotatable bonds is 2. The van der Waals surface area contributed by atoms with Crippen LogP contribution in [0.4, 0.5) is 0 Å². The highest BCUT2D eigenvalue weighted by Crippen LogP contribution is 2.01. The predicted molar refractivity (Wildman–Crippen MR) is 41.0 cm³/mol. The minimum absolute atomic E-state index is 0. The van der Waals surface area contributed by atoms with Crippen LogP contribution in [0.5, 0.6) is 0 Å². The number of aryl methyl sites for hydroxylation is 2. The van der Waals surface area contributed by atoms with Crippen LogP contribution >= 0.6 is 11.6 Å². The maximum absolute atomic E-state index is 5.95. The largest absolute Gasteiger partial charge is 1.00 e. The van der Waals surface area contributed by atoms with E-state index < -0.39 is 0 Å². The molecule has 0 aliphatic heterocycles. The van der Waals surface area contributed by atoms with E-state index in [0.717, 1.165) is 18.4 Å². The molecule has 0 unspecified atom stereocenters. The molecular weight excluding hydrogens is 183 g/mol. The normalized spacial score (nSPS) is 9.36. The fraction of sp³-hybridized carbons (Fsp3) is 0.571. The molecule has 0 aromatic carbocycles. The summed E-state index contributed by atoms with van der Waals surface area (Å²) in [6.07, 6.45) is 3.98. The van der Waals surface area contributed by atoms with Crippen molar-refractivity contribution in [1.29, 1.82) is 0 Å². The second kappa shape index (κ2) is 4.62. The third-order valence-electron chi connectivity index (χ3n) is 1.58. The summed E-state index contributed by atoms with van der Waals surface area (Å²) >= 11 is 5.95. The van der Waals surface area contributed by atoms with Crippen molar-refractivity contribution in [2.24, 2.45) is 0 Å². The SMILES string of the molecule is CCn1cc[n+](CC)c1Cl.[Cl-]. The summed E-state index contributed by atoms with van der Waals surface area (Å²) in [7, 11) is 0. The monoisotopic (exact) mass is 194 g/mol. The van der Waals surface area contributed by atoms with Crippen LogP contribution in [0.25, 0.3) is 0 Å². The van der Waals surface area contributed by atoms with Gasteiger partial charge < -0.3 is 12.4 Å². The van der Waals surface area contributed by atoms with Crippen molar-refractivity contribution >= 4 is 11.6 Å². The van der Waals surface area contributed by atoms with Crippen LogP contribution in [-0.2, 0) is 13.1 Å². The smallest absolute Gasteiger partial charge is 0.354 e. The molecule has 0 saturated heterocycles. The lowest BCUT2D eigenvalue weighted by Gasteiger charge is -1.90. The fourth-order valence-corrected chi connectivity index (χ4v) is 1.27. The quantitative estimate of drug-likeness (QED) is 0.506. The van der Waals surface area contributed by atoms with Crippen LogP contribution in [0, 0.1) is 0 Å². The van der Waals surface area contributed by atoms with E-state index in [-0.39, 0.29) is 12.4 Å². The molecule has 0 spiro atoms. The second-order valence-electron chi connectivity index (χ2n) is 2.14. The van der Waals surface area contributed by atoms with E-state index >= 15 is 0 Å². The molecule has 0 amide bonds. The molecule has 1 aromatic rings. The predicted octanol–water partition coefficient (Wildman–Crippen LogP) is -1.53. The van der Waals surface area contributed by atoms with Crippen LogP contribution in [-0.4, -0.2) is 4.57 Å². The van der Waals surface area contributed by atoms with Crippen molar-refractivity contribution in [2.75, 3.05) is 0 Å². The van der Waals surface area contributed by atoms with Gasteiger partial charge in [-0.05, 0) is 13.8 Å². The highest BCUT2D eigenvalue weighted by molar-refractivity contribution is 6.27. The summed E-state index contributed by atoms with van der Waals surface area (Å²) in [6, 6.07) is 0. The summed E-state index contributed by atoms with van der Waals surface area (Å²) in [5.74, 6) is 0. The van der Waals surface area contributed by atoms with Crippen LogP contribution in [0.3, 0.4) is 0 Å². The molecule has 1 heterocycles. The summed E-state index contributed by atoms with van der Waals surface area (Å²) in [6.45, 7) is 6.02. The number of hydrogen-bond acceptors (Lipinski definition) is 0. The molecule has 0 radical (unpaired) electrons. The number of halogens is 2. The minimum atomic E-state index is 0. The summed E-state index contributed by atoms with van der Waals surface area (Å²) in [4.78, 5) is 0. The first kappa shape index (κ1) is 10.8. The molecule has 0 bridgehead atoms. The first-order valence-corrected chi connectivity index (χ1v) is 3.91. The first-order chi connectivity index (χ1) is 4.79. The van der Waals surface area contributed by atoms with E-state index in [9.17, 15) is 0 Å². The van der Waals surface area contributed by atoms with Crippen molar-refractivity contribution in [3.05, 3.63) is 17.7 Å². The third-order valence-corrected chi connectivity index (χ3v) is 2.02. The van der Waals surface area contributed by atoms with Gasteiger partial charge in [0.1, 0.15) is 12.4 Å². The number of hydrogen-bond donors (Lipinski definition) is 0. The Morgan fingerprint density at radius 3 is 2.45 bits per heavy atom. The van der Waals surface area contributed by atoms with Crippen molar-refractivity contribution in [3.63, 3.8) is 0 Å². The van der Waals surface area contributed by atoms with E-state index in [1.54, 1.807) is 0 Å². The summed E-state index contributed by atoms with van der Waals surface area (Å²) in [5.41, 5.74) is 0. The Bertz CT molecular complexity index is 199. The Kier molecular flexibility index (Phi) is 4.54. The molecule has 2 nitrogen and oxygen atoms in total. The average Bonchev–Trinajstić information content (AvgIpc) is 2.30. The van der Waals surface area contributed by atoms with Gasteiger partial charge in [-0.3, -0.25) is 0 Å². The van der Waals surface area contributed by atoms with Gasteiger partial charge >= 0.3 is 5.28 Å². The van der Waals surface area contributed by atoms with Crippen molar-refractivity contribution in [1.82, 2.24) is 4.57 Å². The molecule has 64 valence electrons. The molecular formula is C7H12Cl2N2. The summed E-state index contributed by atoms with van der Waals surface area (Å²) in [5, 5.41) is 0.810. The molecule has 4 heteroatoms. The molecule has 0 aliphatic rings. The standard InChI is InChI=1S/C7H12ClN2.ClH/c1-3-9-5-6-10(4-2)7(9)8;/h5-6H,3-4H2,1-2H3;1H/q+1;/p-1. The van der Waals surface area contributed by atoms with E-state index in [2.05, 4.69) is 13.8 Å². The molecule has 0 saturated carbocycles. The van der Waals surface area contributed by atoms with Gasteiger partial charge in [0, 0.05) is 11.6 Å². The Labute approximate surface area is 78.2 Å². The maximum Gasteiger partial charge on any atom is 0.354 e. The highest BCUT2D eigenvalue weighted by Gasteiger charge is 2.09. The molecule has 0 aliphatic carbocycles. The van der Waals surface area contributed by atoms with Crippen molar-refractivity contribution in [3.8, 4) is 0 Å². The van der Waals surface area contributed by atoms with Gasteiger partial charge in [-0.2, -0.15) is 0 Å². The molecule has 0 N–H and O–H groups in total. The second-order valence-corrected chi connectivity index (χ2v) is 2.48. The van der Waals surface area contributed by atoms with Gasteiger partial charge in [-0.1, -0.05) is 0 Å². The van der Waals surface area contributed by atoms with E-state index in [0.29, 0.717) is 0 Å². The lowest BCUT2D eigenvalue weighted by Crippen LogP contribution is -3.00. The van der Waals surface area contributed by atoms with E-state index in [1.807, 2.05) is 21.5 Å². The Morgan fingerprint density at radius 2 is 2.18 bits per heavy atom. The zero-order chi connectivity index (χ0) is 7.56. The lowest BCUT2D eigenvalue weighted by molar-refractivity contribution is -0.690. The van der Waals surface area contributed by atoms with Gasteiger partial charge in [0.15, 0.2) is 0 Å². The highest BCUT2D eigenvalue weighted by atomic mass is 35.5. The number of aromatic nitrogens is 2. The molecule has 1 rings (SSSR count). The number of nitrogens with zero attached hydrogens (tertiary/aromatic N) is 2. The third kappa shape index (κ3) is 2.11. The Balaban J connectivity index is 0.000001000. The van der Waals surface area contributed by atoms with Crippen LogP contribution in [0.15, 0.2) is 12.4 Å². The van der Waals surface area contributed by atoms with Gasteiger partial charge in [0.05, 0.1) is 13.1 Å². The van der Waals surface area contributed by atoms with Crippen LogP contribution in [0.1, 0.15) is 13.8 Å². The topological polar surface area (TPSA) is 8.81 Å². The van der Waals surface area contributed by atoms with Gasteiger partial charge in [-0.25, -0.2) is 9.13 Å². The average molecular weight is 195 g/mol. The summed E-state index contributed by atoms with van der Waals surface area (Å²) < 4.78 is 4.01. The first-order valence-electron chi connectivity index (χ1n) is 3.53. The van der Waals surface area contributed by atoms with Crippen LogP contribution in [0.2, 0.25) is 5.28 Å². The van der Waals surface area contributed by atoms with Crippen LogP contribution < -0.4 is 17.0 Å².